The van der Waals surface area contributed by atoms with Gasteiger partial charge in [0.2, 0.25) is 0 Å². The van der Waals surface area contributed by atoms with Crippen LogP contribution in [0.1, 0.15) is 22.6 Å². The summed E-state index contributed by atoms with van der Waals surface area (Å²) in [6, 6.07) is 0. The van der Waals surface area contributed by atoms with E-state index in [-0.39, 0.29) is 12.0 Å². The second-order valence-corrected chi connectivity index (χ2v) is 5.43. The Kier molecular flexibility index (Phi) is 2.84. The zero-order valence-electron chi connectivity index (χ0n) is 11.5. The van der Waals surface area contributed by atoms with Crippen molar-refractivity contribution >= 4 is 12.0 Å². The summed E-state index contributed by atoms with van der Waals surface area (Å²) in [6.45, 7) is 3.32. The topological polar surface area (TPSA) is 75.6 Å². The van der Waals surface area contributed by atoms with E-state index in [0.29, 0.717) is 31.7 Å². The lowest BCUT2D eigenvalue weighted by Gasteiger charge is -2.21. The number of aromatic nitrogens is 2. The Labute approximate surface area is 116 Å². The van der Waals surface area contributed by atoms with Gasteiger partial charge in [-0.15, -0.1) is 0 Å². The van der Waals surface area contributed by atoms with E-state index in [1.807, 2.05) is 6.92 Å². The quantitative estimate of drug-likeness (QED) is 0.744. The Morgan fingerprint density at radius 2 is 2.15 bits per heavy atom. The first-order valence-corrected chi connectivity index (χ1v) is 6.51. The average Bonchev–Trinajstić information content (AvgIpc) is 2.94. The van der Waals surface area contributed by atoms with Crippen LogP contribution in [0.4, 0.5) is 4.79 Å². The number of aryl methyl sites for hydroxylation is 1. The van der Waals surface area contributed by atoms with E-state index in [1.54, 1.807) is 23.0 Å². The van der Waals surface area contributed by atoms with Crippen LogP contribution in [-0.4, -0.2) is 64.1 Å². The third-order valence-electron chi connectivity index (χ3n) is 3.74. The second kappa shape index (κ2) is 4.43. The minimum absolute atomic E-state index is 0.167. The van der Waals surface area contributed by atoms with Crippen molar-refractivity contribution < 1.29 is 14.3 Å². The molecule has 7 nitrogen and oxygen atoms in total. The highest BCUT2D eigenvalue weighted by Gasteiger charge is 2.49. The third kappa shape index (κ3) is 2.09. The van der Waals surface area contributed by atoms with Gasteiger partial charge >= 0.3 is 6.09 Å². The molecule has 2 saturated heterocycles. The highest BCUT2D eigenvalue weighted by atomic mass is 16.6. The molecule has 2 amide bonds. The van der Waals surface area contributed by atoms with Crippen molar-refractivity contribution in [2.45, 2.75) is 18.9 Å². The van der Waals surface area contributed by atoms with Crippen molar-refractivity contribution in [2.75, 3.05) is 26.7 Å². The van der Waals surface area contributed by atoms with E-state index in [4.69, 9.17) is 4.74 Å². The first kappa shape index (κ1) is 12.8. The maximum absolute atomic E-state index is 12.3. The van der Waals surface area contributed by atoms with Crippen molar-refractivity contribution in [1.29, 1.82) is 0 Å². The second-order valence-electron chi connectivity index (χ2n) is 5.43. The molecule has 3 heterocycles. The standard InChI is InChI=1S/C13H16N4O3/c1-9-5-15-10(6-14-9)11(18)17-4-3-13(8-17)7-16(2)12(19)20-13/h5-6H,3-4,7-8H2,1-2H3. The van der Waals surface area contributed by atoms with E-state index in [2.05, 4.69) is 9.97 Å². The monoisotopic (exact) mass is 276 g/mol. The SMILES string of the molecule is Cc1cnc(C(=O)N2CCC3(CN(C)C(=O)O3)C2)cn1. The van der Waals surface area contributed by atoms with Crippen LogP contribution >= 0.6 is 0 Å². The van der Waals surface area contributed by atoms with Gasteiger partial charge in [-0.2, -0.15) is 0 Å². The summed E-state index contributed by atoms with van der Waals surface area (Å²) in [5.41, 5.74) is 0.538. The van der Waals surface area contributed by atoms with Gasteiger partial charge in [-0.3, -0.25) is 9.78 Å². The predicted octanol–water partition coefficient (Wildman–Crippen LogP) is 0.452. The molecule has 0 aromatic carbocycles. The molecule has 1 atom stereocenters. The molecule has 20 heavy (non-hydrogen) atoms. The molecule has 1 unspecified atom stereocenters. The van der Waals surface area contributed by atoms with E-state index in [0.717, 1.165) is 5.69 Å². The number of hydrogen-bond donors (Lipinski definition) is 0. The molecule has 0 radical (unpaired) electrons. The normalized spacial score (nSPS) is 25.4. The van der Waals surface area contributed by atoms with E-state index < -0.39 is 5.60 Å². The molecule has 0 N–H and O–H groups in total. The van der Waals surface area contributed by atoms with E-state index >= 15 is 0 Å². The lowest BCUT2D eigenvalue weighted by atomic mass is 10.0. The van der Waals surface area contributed by atoms with Crippen LogP contribution < -0.4 is 0 Å². The van der Waals surface area contributed by atoms with Gasteiger partial charge in [0.25, 0.3) is 5.91 Å². The Bertz CT molecular complexity index is 559. The van der Waals surface area contributed by atoms with Gasteiger partial charge in [0.15, 0.2) is 5.60 Å². The van der Waals surface area contributed by atoms with E-state index in [9.17, 15) is 9.59 Å². The van der Waals surface area contributed by atoms with Crippen LogP contribution in [0.15, 0.2) is 12.4 Å². The average molecular weight is 276 g/mol. The molecule has 2 aliphatic heterocycles. The van der Waals surface area contributed by atoms with Gasteiger partial charge < -0.3 is 14.5 Å². The first-order valence-electron chi connectivity index (χ1n) is 6.51. The van der Waals surface area contributed by atoms with Gasteiger partial charge in [-0.25, -0.2) is 9.78 Å². The van der Waals surface area contributed by atoms with Crippen LogP contribution in [0.2, 0.25) is 0 Å². The summed E-state index contributed by atoms with van der Waals surface area (Å²) < 4.78 is 5.41. The van der Waals surface area contributed by atoms with Crippen LogP contribution in [0.5, 0.6) is 0 Å². The number of nitrogens with zero attached hydrogens (tertiary/aromatic N) is 4. The predicted molar refractivity (Wildman–Crippen MR) is 69.1 cm³/mol. The Morgan fingerprint density at radius 3 is 2.75 bits per heavy atom. The lowest BCUT2D eigenvalue weighted by molar-refractivity contribution is 0.0550. The summed E-state index contributed by atoms with van der Waals surface area (Å²) in [4.78, 5) is 35.2. The molecule has 2 fully saturated rings. The Hall–Kier alpha value is -2.18. The number of likely N-dealkylation sites (tertiary alicyclic amines) is 1. The summed E-state index contributed by atoms with van der Waals surface area (Å²) in [6.07, 6.45) is 3.39. The molecule has 1 aromatic heterocycles. The smallest absolute Gasteiger partial charge is 0.410 e. The molecule has 1 spiro atoms. The molecule has 0 bridgehead atoms. The fourth-order valence-electron chi connectivity index (χ4n) is 2.69. The van der Waals surface area contributed by atoms with Gasteiger partial charge in [-0.1, -0.05) is 0 Å². The van der Waals surface area contributed by atoms with Crippen molar-refractivity contribution in [3.8, 4) is 0 Å². The number of likely N-dealkylation sites (N-methyl/N-ethyl adjacent to an activating group) is 1. The summed E-state index contributed by atoms with van der Waals surface area (Å²) in [7, 11) is 1.70. The van der Waals surface area contributed by atoms with Gasteiger partial charge in [0.1, 0.15) is 5.69 Å². The van der Waals surface area contributed by atoms with Crippen LogP contribution in [-0.2, 0) is 4.74 Å². The maximum Gasteiger partial charge on any atom is 0.410 e. The molecule has 3 rings (SSSR count). The maximum atomic E-state index is 12.3. The molecule has 0 aliphatic carbocycles. The van der Waals surface area contributed by atoms with Gasteiger partial charge in [0.05, 0.1) is 25.0 Å². The molecule has 106 valence electrons. The molecule has 2 aliphatic rings. The van der Waals surface area contributed by atoms with E-state index in [1.165, 1.54) is 6.20 Å². The third-order valence-corrected chi connectivity index (χ3v) is 3.74. The fourth-order valence-corrected chi connectivity index (χ4v) is 2.69. The number of carbonyl (C=O) groups excluding carboxylic acids is 2. The van der Waals surface area contributed by atoms with Crippen molar-refractivity contribution in [1.82, 2.24) is 19.8 Å². The Balaban J connectivity index is 1.73. The highest BCUT2D eigenvalue weighted by molar-refractivity contribution is 5.92. The van der Waals surface area contributed by atoms with Gasteiger partial charge in [0, 0.05) is 26.2 Å². The minimum Gasteiger partial charge on any atom is -0.439 e. The van der Waals surface area contributed by atoms with Gasteiger partial charge in [-0.05, 0) is 6.92 Å². The fraction of sp³-hybridized carbons (Fsp3) is 0.538. The number of hydrogen-bond acceptors (Lipinski definition) is 5. The summed E-state index contributed by atoms with van der Waals surface area (Å²) in [5, 5.41) is 0. The van der Waals surface area contributed by atoms with Crippen molar-refractivity contribution in [3.05, 3.63) is 23.8 Å². The number of amides is 2. The zero-order chi connectivity index (χ0) is 14.3. The molecule has 7 heteroatoms. The first-order chi connectivity index (χ1) is 9.49. The number of rotatable bonds is 1. The summed E-state index contributed by atoms with van der Waals surface area (Å²) in [5.74, 6) is -0.167. The highest BCUT2D eigenvalue weighted by Crippen LogP contribution is 2.32. The van der Waals surface area contributed by atoms with Crippen LogP contribution in [0.3, 0.4) is 0 Å². The molecular formula is C13H16N4O3. The summed E-state index contributed by atoms with van der Waals surface area (Å²) >= 11 is 0. The molecule has 1 aromatic rings. The van der Waals surface area contributed by atoms with Crippen LogP contribution in [0.25, 0.3) is 0 Å². The lowest BCUT2D eigenvalue weighted by Crippen LogP contribution is -2.39. The largest absolute Gasteiger partial charge is 0.439 e. The zero-order valence-corrected chi connectivity index (χ0v) is 11.5. The van der Waals surface area contributed by atoms with Crippen LogP contribution in [0, 0.1) is 6.92 Å². The minimum atomic E-state index is -0.556. The van der Waals surface area contributed by atoms with Crippen molar-refractivity contribution in [3.63, 3.8) is 0 Å². The van der Waals surface area contributed by atoms with Crippen molar-refractivity contribution in [2.24, 2.45) is 0 Å². The molecule has 0 saturated carbocycles. The Morgan fingerprint density at radius 1 is 1.35 bits per heavy atom. The molecular weight excluding hydrogens is 260 g/mol. The number of carbonyl (C=O) groups is 2. The number of ether oxygens (including phenoxy) is 1.